The highest BCUT2D eigenvalue weighted by molar-refractivity contribution is 7.99. The van der Waals surface area contributed by atoms with E-state index < -0.39 is 0 Å². The Labute approximate surface area is 178 Å². The second-order valence-electron chi connectivity index (χ2n) is 6.62. The zero-order valence-corrected chi connectivity index (χ0v) is 17.1. The molecule has 0 radical (unpaired) electrons. The minimum Gasteiger partial charge on any atom is -0.334 e. The molecule has 0 saturated heterocycles. The Hall–Kier alpha value is -3.43. The summed E-state index contributed by atoms with van der Waals surface area (Å²) in [6.07, 6.45) is 0. The summed E-state index contributed by atoms with van der Waals surface area (Å²) in [5.74, 6) is 5.32. The van der Waals surface area contributed by atoms with Gasteiger partial charge in [0.2, 0.25) is 0 Å². The smallest absolute Gasteiger partial charge is 0.282 e. The Morgan fingerprint density at radius 3 is 2.20 bits per heavy atom. The molecule has 9 heteroatoms. The molecule has 3 heterocycles. The number of carbonyl (C=O) groups excluding carboxylic acids is 2. The highest BCUT2D eigenvalue weighted by Crippen LogP contribution is 2.32. The minimum atomic E-state index is -0.370. The Kier molecular flexibility index (Phi) is 4.41. The van der Waals surface area contributed by atoms with E-state index in [0.29, 0.717) is 21.3 Å². The maximum atomic E-state index is 13.0. The monoisotopic (exact) mass is 434 g/mol. The zero-order chi connectivity index (χ0) is 20.8. The molecule has 1 aliphatic rings. The number of amides is 2. The third-order valence-electron chi connectivity index (χ3n) is 4.89. The van der Waals surface area contributed by atoms with Gasteiger partial charge in [0.15, 0.2) is 5.16 Å². The lowest BCUT2D eigenvalue weighted by Gasteiger charge is -2.14. The Morgan fingerprint density at radius 1 is 0.900 bits per heavy atom. The summed E-state index contributed by atoms with van der Waals surface area (Å²) in [5.41, 5.74) is 2.08. The first-order valence-electron chi connectivity index (χ1n) is 8.99. The fourth-order valence-corrected chi connectivity index (χ4v) is 5.25. The second kappa shape index (κ2) is 7.12. The summed E-state index contributed by atoms with van der Waals surface area (Å²) in [5, 5.41) is 2.58. The van der Waals surface area contributed by atoms with Crippen molar-refractivity contribution in [3.63, 3.8) is 0 Å². The lowest BCUT2D eigenvalue weighted by atomic mass is 10.1. The number of rotatable bonds is 4. The van der Waals surface area contributed by atoms with Crippen molar-refractivity contribution in [2.24, 2.45) is 0 Å². The first-order valence-corrected chi connectivity index (χ1v) is 10.9. The van der Waals surface area contributed by atoms with Crippen molar-refractivity contribution >= 4 is 45.1 Å². The van der Waals surface area contributed by atoms with Gasteiger partial charge in [-0.3, -0.25) is 19.3 Å². The standard InChI is InChI=1S/C21H14N4O3S2/c22-25-20(28)16-15(12-6-2-1-3-7-12)10-29-17(16)23-21(25)30-11-24-18(26)13-8-4-5-9-14(13)19(24)27/h1-10H,11,22H2. The molecule has 2 amide bonds. The number of thioether (sulfide) groups is 1. The number of carbonyl (C=O) groups is 2. The Bertz CT molecular complexity index is 1340. The minimum absolute atomic E-state index is 0.0123. The van der Waals surface area contributed by atoms with Crippen molar-refractivity contribution in [3.05, 3.63) is 81.5 Å². The number of fused-ring (bicyclic) bond motifs is 2. The predicted molar refractivity (Wildman–Crippen MR) is 117 cm³/mol. The Morgan fingerprint density at radius 2 is 1.53 bits per heavy atom. The van der Waals surface area contributed by atoms with Gasteiger partial charge in [-0.25, -0.2) is 9.66 Å². The molecular formula is C21H14N4O3S2. The highest BCUT2D eigenvalue weighted by atomic mass is 32.2. The van der Waals surface area contributed by atoms with Gasteiger partial charge in [-0.15, -0.1) is 11.3 Å². The number of thiophene rings is 1. The van der Waals surface area contributed by atoms with Crippen LogP contribution in [0, 0.1) is 0 Å². The summed E-state index contributed by atoms with van der Waals surface area (Å²) in [4.78, 5) is 44.2. The van der Waals surface area contributed by atoms with Crippen molar-refractivity contribution in [3.8, 4) is 11.1 Å². The van der Waals surface area contributed by atoms with E-state index in [4.69, 9.17) is 5.84 Å². The molecule has 148 valence electrons. The summed E-state index contributed by atoms with van der Waals surface area (Å²) in [6, 6.07) is 16.2. The van der Waals surface area contributed by atoms with Crippen LogP contribution in [0.5, 0.6) is 0 Å². The van der Waals surface area contributed by atoms with Crippen LogP contribution in [0.15, 0.2) is 69.9 Å². The van der Waals surface area contributed by atoms with Crippen LogP contribution in [0.3, 0.4) is 0 Å². The molecule has 0 spiro atoms. The van der Waals surface area contributed by atoms with Crippen LogP contribution in [0.4, 0.5) is 0 Å². The predicted octanol–water partition coefficient (Wildman–Crippen LogP) is 3.18. The highest BCUT2D eigenvalue weighted by Gasteiger charge is 2.35. The normalized spacial score (nSPS) is 13.3. The van der Waals surface area contributed by atoms with Gasteiger partial charge in [0.05, 0.1) is 22.4 Å². The van der Waals surface area contributed by atoms with E-state index in [1.807, 2.05) is 35.7 Å². The van der Waals surface area contributed by atoms with Crippen LogP contribution < -0.4 is 11.4 Å². The maximum absolute atomic E-state index is 13.0. The lowest BCUT2D eigenvalue weighted by Crippen LogP contribution is -2.32. The van der Waals surface area contributed by atoms with Gasteiger partial charge in [-0.2, -0.15) is 0 Å². The molecule has 7 nitrogen and oxygen atoms in total. The van der Waals surface area contributed by atoms with Gasteiger partial charge in [0, 0.05) is 10.9 Å². The molecule has 5 rings (SSSR count). The number of nitrogens with two attached hydrogens (primary N) is 1. The molecule has 0 fully saturated rings. The quantitative estimate of drug-likeness (QED) is 0.229. The van der Waals surface area contributed by atoms with Crippen LogP contribution in [0.2, 0.25) is 0 Å². The van der Waals surface area contributed by atoms with E-state index in [1.54, 1.807) is 24.3 Å². The van der Waals surface area contributed by atoms with Crippen LogP contribution in [0.1, 0.15) is 20.7 Å². The van der Waals surface area contributed by atoms with E-state index in [1.165, 1.54) is 11.3 Å². The molecule has 1 aliphatic heterocycles. The molecule has 4 aromatic rings. The third kappa shape index (κ3) is 2.82. The molecule has 0 unspecified atom stereocenters. The number of nitrogen functional groups attached to an aromatic ring is 1. The second-order valence-corrected chi connectivity index (χ2v) is 8.39. The van der Waals surface area contributed by atoms with Crippen LogP contribution >= 0.6 is 23.1 Å². The topological polar surface area (TPSA) is 98.3 Å². The average Bonchev–Trinajstić information content (AvgIpc) is 3.30. The van der Waals surface area contributed by atoms with E-state index >= 15 is 0 Å². The zero-order valence-electron chi connectivity index (χ0n) is 15.4. The third-order valence-corrected chi connectivity index (χ3v) is 6.70. The van der Waals surface area contributed by atoms with Crippen molar-refractivity contribution in [1.29, 1.82) is 0 Å². The molecule has 2 N–H and O–H groups in total. The molecule has 0 saturated carbocycles. The number of aromatic nitrogens is 2. The molecule has 0 atom stereocenters. The maximum Gasteiger partial charge on any atom is 0.282 e. The molecule has 0 aliphatic carbocycles. The van der Waals surface area contributed by atoms with E-state index in [2.05, 4.69) is 4.98 Å². The molecule has 2 aromatic heterocycles. The number of hydrogen-bond acceptors (Lipinski definition) is 7. The lowest BCUT2D eigenvalue weighted by molar-refractivity contribution is 0.0684. The van der Waals surface area contributed by atoms with Gasteiger partial charge < -0.3 is 5.84 Å². The number of nitrogens with zero attached hydrogens (tertiary/aromatic N) is 3. The number of benzene rings is 2. The molecular weight excluding hydrogens is 420 g/mol. The van der Waals surface area contributed by atoms with Crippen molar-refractivity contribution in [2.75, 3.05) is 11.7 Å². The van der Waals surface area contributed by atoms with Gasteiger partial charge in [0.25, 0.3) is 17.4 Å². The summed E-state index contributed by atoms with van der Waals surface area (Å²) >= 11 is 2.43. The van der Waals surface area contributed by atoms with E-state index in [0.717, 1.165) is 32.5 Å². The fraction of sp³-hybridized carbons (Fsp3) is 0.0476. The van der Waals surface area contributed by atoms with Crippen LogP contribution in [0.25, 0.3) is 21.3 Å². The van der Waals surface area contributed by atoms with Crippen LogP contribution in [-0.2, 0) is 0 Å². The fourth-order valence-electron chi connectivity index (χ4n) is 3.40. The average molecular weight is 435 g/mol. The largest absolute Gasteiger partial charge is 0.334 e. The van der Waals surface area contributed by atoms with Gasteiger partial charge in [0.1, 0.15) is 4.83 Å². The van der Waals surface area contributed by atoms with Crippen LogP contribution in [-0.4, -0.2) is 32.3 Å². The Balaban J connectivity index is 1.47. The summed E-state index contributed by atoms with van der Waals surface area (Å²) in [7, 11) is 0. The summed E-state index contributed by atoms with van der Waals surface area (Å²) in [6.45, 7) is 0. The van der Waals surface area contributed by atoms with Crippen molar-refractivity contribution in [1.82, 2.24) is 14.6 Å². The van der Waals surface area contributed by atoms with E-state index in [-0.39, 0.29) is 28.4 Å². The summed E-state index contributed by atoms with van der Waals surface area (Å²) < 4.78 is 0.977. The number of imide groups is 1. The molecule has 0 bridgehead atoms. The van der Waals surface area contributed by atoms with Crippen molar-refractivity contribution in [2.45, 2.75) is 5.16 Å². The molecule has 30 heavy (non-hydrogen) atoms. The SMILES string of the molecule is Nn1c(SCN2C(=O)c3ccccc3C2=O)nc2scc(-c3ccccc3)c2c1=O. The van der Waals surface area contributed by atoms with E-state index in [9.17, 15) is 14.4 Å². The van der Waals surface area contributed by atoms with Crippen molar-refractivity contribution < 1.29 is 9.59 Å². The first-order chi connectivity index (χ1) is 14.6. The first kappa shape index (κ1) is 18.6. The number of hydrogen-bond donors (Lipinski definition) is 1. The van der Waals surface area contributed by atoms with Gasteiger partial charge in [-0.1, -0.05) is 54.2 Å². The van der Waals surface area contributed by atoms with Gasteiger partial charge in [-0.05, 0) is 17.7 Å². The molecule has 2 aromatic carbocycles. The van der Waals surface area contributed by atoms with Gasteiger partial charge >= 0.3 is 0 Å².